The summed E-state index contributed by atoms with van der Waals surface area (Å²) in [6, 6.07) is 3.65. The van der Waals surface area contributed by atoms with Crippen LogP contribution in [0.4, 0.5) is 0 Å². The highest BCUT2D eigenvalue weighted by atomic mass is 35.5. The number of carbonyl (C=O) groups excluding carboxylic acids is 1. The highest BCUT2D eigenvalue weighted by molar-refractivity contribution is 7.09. The molecule has 2 aliphatic heterocycles. The van der Waals surface area contributed by atoms with Crippen LogP contribution in [0.25, 0.3) is 0 Å². The highest BCUT2D eigenvalue weighted by Crippen LogP contribution is 2.37. The van der Waals surface area contributed by atoms with E-state index in [-0.39, 0.29) is 18.4 Å². The average molecular weight is 365 g/mol. The Kier molecular flexibility index (Phi) is 4.33. The number of fused-ring (bicyclic) bond motifs is 1. The second-order valence-corrected chi connectivity index (χ2v) is 7.21. The maximum absolute atomic E-state index is 12.8. The molecule has 1 amide bonds. The third-order valence-corrected chi connectivity index (χ3v) is 5.59. The summed E-state index contributed by atoms with van der Waals surface area (Å²) >= 11 is 7.93. The van der Waals surface area contributed by atoms with E-state index >= 15 is 0 Å². The predicted molar refractivity (Wildman–Crippen MR) is 91.9 cm³/mol. The number of thiazole rings is 1. The van der Waals surface area contributed by atoms with Crippen LogP contribution in [0.15, 0.2) is 23.7 Å². The Labute approximate surface area is 149 Å². The number of likely N-dealkylation sites (tertiary alicyclic amines) is 1. The molecule has 1 aromatic heterocycles. The molecule has 0 aliphatic carbocycles. The van der Waals surface area contributed by atoms with Crippen molar-refractivity contribution in [3.8, 4) is 11.5 Å². The molecule has 1 saturated heterocycles. The molecule has 1 fully saturated rings. The molecule has 7 heteroatoms. The number of amides is 1. The first-order valence-corrected chi connectivity index (χ1v) is 9.25. The van der Waals surface area contributed by atoms with Gasteiger partial charge in [0.05, 0.1) is 12.5 Å². The number of hydrogen-bond acceptors (Lipinski definition) is 5. The van der Waals surface area contributed by atoms with E-state index < -0.39 is 0 Å². The highest BCUT2D eigenvalue weighted by Gasteiger charge is 2.32. The molecule has 0 saturated carbocycles. The first kappa shape index (κ1) is 15.7. The summed E-state index contributed by atoms with van der Waals surface area (Å²) in [5, 5.41) is 3.50. The summed E-state index contributed by atoms with van der Waals surface area (Å²) < 4.78 is 11.1. The van der Waals surface area contributed by atoms with Crippen LogP contribution < -0.4 is 9.47 Å². The van der Waals surface area contributed by atoms with E-state index in [0.29, 0.717) is 29.7 Å². The number of carbonyl (C=O) groups is 1. The monoisotopic (exact) mass is 364 g/mol. The Bertz CT molecular complexity index is 751. The van der Waals surface area contributed by atoms with Gasteiger partial charge < -0.3 is 14.4 Å². The molecule has 0 spiro atoms. The maximum Gasteiger partial charge on any atom is 0.227 e. The van der Waals surface area contributed by atoms with Gasteiger partial charge in [-0.1, -0.05) is 11.6 Å². The van der Waals surface area contributed by atoms with Crippen molar-refractivity contribution in [1.82, 2.24) is 9.88 Å². The van der Waals surface area contributed by atoms with Crippen molar-refractivity contribution >= 4 is 28.8 Å². The molecule has 4 rings (SSSR count). The topological polar surface area (TPSA) is 51.7 Å². The lowest BCUT2D eigenvalue weighted by Crippen LogP contribution is -2.31. The zero-order chi connectivity index (χ0) is 16.5. The van der Waals surface area contributed by atoms with Crippen molar-refractivity contribution in [2.24, 2.45) is 0 Å². The quantitative estimate of drug-likeness (QED) is 0.836. The van der Waals surface area contributed by atoms with E-state index in [1.165, 1.54) is 0 Å². The van der Waals surface area contributed by atoms with E-state index in [1.54, 1.807) is 23.6 Å². The van der Waals surface area contributed by atoms with Gasteiger partial charge in [0.15, 0.2) is 11.5 Å². The van der Waals surface area contributed by atoms with Crippen molar-refractivity contribution in [2.75, 3.05) is 19.8 Å². The van der Waals surface area contributed by atoms with Gasteiger partial charge >= 0.3 is 0 Å². The van der Waals surface area contributed by atoms with Gasteiger partial charge in [0.1, 0.15) is 18.2 Å². The molecule has 24 heavy (non-hydrogen) atoms. The Hall–Kier alpha value is -1.79. The number of halogens is 1. The maximum atomic E-state index is 12.8. The van der Waals surface area contributed by atoms with Gasteiger partial charge in [0.2, 0.25) is 5.91 Å². The van der Waals surface area contributed by atoms with Crippen molar-refractivity contribution < 1.29 is 14.3 Å². The number of benzene rings is 1. The predicted octanol–water partition coefficient (Wildman–Crippen LogP) is 3.47. The average Bonchev–Trinajstić information content (AvgIpc) is 3.26. The molecular weight excluding hydrogens is 348 g/mol. The summed E-state index contributed by atoms with van der Waals surface area (Å²) in [6.07, 6.45) is 4.02. The SMILES string of the molecule is O=C(Cc1cc2c(cc1Cl)OCCO2)N1CCCC1c1nccs1. The fourth-order valence-corrected chi connectivity index (χ4v) is 4.23. The van der Waals surface area contributed by atoms with Crippen LogP contribution in [0.1, 0.15) is 29.5 Å². The van der Waals surface area contributed by atoms with Crippen LogP contribution in [-0.2, 0) is 11.2 Å². The number of ether oxygens (including phenoxy) is 2. The minimum atomic E-state index is 0.0753. The minimum Gasteiger partial charge on any atom is -0.486 e. The smallest absolute Gasteiger partial charge is 0.227 e. The van der Waals surface area contributed by atoms with Crippen LogP contribution in [0.3, 0.4) is 0 Å². The van der Waals surface area contributed by atoms with Crippen molar-refractivity contribution in [1.29, 1.82) is 0 Å². The van der Waals surface area contributed by atoms with E-state index in [4.69, 9.17) is 21.1 Å². The summed E-state index contributed by atoms with van der Waals surface area (Å²) in [6.45, 7) is 1.80. The molecule has 2 aromatic rings. The van der Waals surface area contributed by atoms with Crippen molar-refractivity contribution in [2.45, 2.75) is 25.3 Å². The molecule has 2 aliphatic rings. The first-order chi connectivity index (χ1) is 11.7. The second-order valence-electron chi connectivity index (χ2n) is 5.88. The van der Waals surface area contributed by atoms with Crippen LogP contribution in [0.2, 0.25) is 5.02 Å². The molecule has 0 N–H and O–H groups in total. The lowest BCUT2D eigenvalue weighted by Gasteiger charge is -2.24. The Morgan fingerprint density at radius 1 is 1.33 bits per heavy atom. The Morgan fingerprint density at radius 2 is 2.12 bits per heavy atom. The number of rotatable bonds is 3. The van der Waals surface area contributed by atoms with Gasteiger partial charge in [-0.05, 0) is 24.5 Å². The molecule has 126 valence electrons. The minimum absolute atomic E-state index is 0.0753. The molecule has 1 aromatic carbocycles. The van der Waals surface area contributed by atoms with Gasteiger partial charge in [-0.2, -0.15) is 0 Å². The first-order valence-electron chi connectivity index (χ1n) is 7.99. The van der Waals surface area contributed by atoms with Gasteiger partial charge in [-0.15, -0.1) is 11.3 Å². The number of aromatic nitrogens is 1. The summed E-state index contributed by atoms with van der Waals surface area (Å²) in [5.41, 5.74) is 0.774. The summed E-state index contributed by atoms with van der Waals surface area (Å²) in [7, 11) is 0. The lowest BCUT2D eigenvalue weighted by atomic mass is 10.1. The van der Waals surface area contributed by atoms with Crippen molar-refractivity contribution in [3.05, 3.63) is 39.3 Å². The van der Waals surface area contributed by atoms with Crippen LogP contribution in [-0.4, -0.2) is 35.5 Å². The number of nitrogens with zero attached hydrogens (tertiary/aromatic N) is 2. The zero-order valence-electron chi connectivity index (χ0n) is 13.0. The zero-order valence-corrected chi connectivity index (χ0v) is 14.6. The molecule has 3 heterocycles. The van der Waals surface area contributed by atoms with Crippen LogP contribution >= 0.6 is 22.9 Å². The summed E-state index contributed by atoms with van der Waals surface area (Å²) in [5.74, 6) is 1.38. The molecule has 1 atom stereocenters. The molecule has 1 unspecified atom stereocenters. The third-order valence-electron chi connectivity index (χ3n) is 4.36. The van der Waals surface area contributed by atoms with Crippen LogP contribution in [0.5, 0.6) is 11.5 Å². The van der Waals surface area contributed by atoms with E-state index in [2.05, 4.69) is 4.98 Å². The fourth-order valence-electron chi connectivity index (χ4n) is 3.23. The van der Waals surface area contributed by atoms with E-state index in [1.807, 2.05) is 16.3 Å². The molecular formula is C17H17ClN2O3S. The second kappa shape index (κ2) is 6.61. The molecule has 5 nitrogen and oxygen atoms in total. The summed E-state index contributed by atoms with van der Waals surface area (Å²) in [4.78, 5) is 19.1. The van der Waals surface area contributed by atoms with Crippen molar-refractivity contribution in [3.63, 3.8) is 0 Å². The van der Waals surface area contributed by atoms with Gasteiger partial charge in [0.25, 0.3) is 0 Å². The Morgan fingerprint density at radius 3 is 2.88 bits per heavy atom. The van der Waals surface area contributed by atoms with E-state index in [9.17, 15) is 4.79 Å². The van der Waals surface area contributed by atoms with Gasteiger partial charge in [0, 0.05) is 29.2 Å². The molecule has 0 radical (unpaired) electrons. The lowest BCUT2D eigenvalue weighted by molar-refractivity contribution is -0.131. The third kappa shape index (κ3) is 2.96. The number of hydrogen-bond donors (Lipinski definition) is 0. The molecule has 0 bridgehead atoms. The standard InChI is InChI=1S/C17H17ClN2O3S/c18-12-10-15-14(22-5-6-23-15)8-11(12)9-16(21)20-4-1-2-13(20)17-19-3-7-24-17/h3,7-8,10,13H,1-2,4-6,9H2. The van der Waals surface area contributed by atoms with Crippen LogP contribution in [0, 0.1) is 0 Å². The van der Waals surface area contributed by atoms with Gasteiger partial charge in [-0.3, -0.25) is 4.79 Å². The normalized spacial score (nSPS) is 19.5. The van der Waals surface area contributed by atoms with E-state index in [0.717, 1.165) is 30.0 Å². The van der Waals surface area contributed by atoms with Gasteiger partial charge in [-0.25, -0.2) is 4.98 Å². The fraction of sp³-hybridized carbons (Fsp3) is 0.412. The largest absolute Gasteiger partial charge is 0.486 e. The Balaban J connectivity index is 1.53.